The van der Waals surface area contributed by atoms with Gasteiger partial charge >= 0.3 is 5.97 Å². The van der Waals surface area contributed by atoms with E-state index in [1.54, 1.807) is 0 Å². The maximum Gasteiger partial charge on any atom is 0.314 e. The minimum absolute atomic E-state index is 0.0131. The number of hydrogen-bond donors (Lipinski definition) is 2. The third-order valence-electron chi connectivity index (χ3n) is 3.33. The summed E-state index contributed by atoms with van der Waals surface area (Å²) >= 11 is 3.38. The van der Waals surface area contributed by atoms with Crippen molar-refractivity contribution in [2.45, 2.75) is 31.2 Å². The first-order chi connectivity index (χ1) is 7.45. The van der Waals surface area contributed by atoms with Gasteiger partial charge in [0.25, 0.3) is 0 Å². The number of carbonyl (C=O) groups is 1. The van der Waals surface area contributed by atoms with Crippen molar-refractivity contribution in [2.24, 2.45) is 5.73 Å². The van der Waals surface area contributed by atoms with E-state index in [1.165, 1.54) is 0 Å². The van der Waals surface area contributed by atoms with Gasteiger partial charge < -0.3 is 10.8 Å². The van der Waals surface area contributed by atoms with Crippen molar-refractivity contribution in [3.63, 3.8) is 0 Å². The molecule has 0 saturated heterocycles. The van der Waals surface area contributed by atoms with Crippen LogP contribution in [0.25, 0.3) is 0 Å². The number of hydrogen-bond acceptors (Lipinski definition) is 2. The molecule has 1 fully saturated rings. The molecule has 1 aliphatic carbocycles. The van der Waals surface area contributed by atoms with Crippen molar-refractivity contribution in [1.82, 2.24) is 0 Å². The highest BCUT2D eigenvalue weighted by atomic mass is 79.9. The van der Waals surface area contributed by atoms with E-state index in [9.17, 15) is 9.90 Å². The summed E-state index contributed by atoms with van der Waals surface area (Å²) in [6.45, 7) is 1.94. The van der Waals surface area contributed by atoms with Gasteiger partial charge in [-0.05, 0) is 43.0 Å². The van der Waals surface area contributed by atoms with Gasteiger partial charge in [-0.2, -0.15) is 0 Å². The van der Waals surface area contributed by atoms with Crippen LogP contribution < -0.4 is 5.73 Å². The summed E-state index contributed by atoms with van der Waals surface area (Å²) in [6.07, 6.45) is 1.07. The Morgan fingerprint density at radius 2 is 2.19 bits per heavy atom. The highest BCUT2D eigenvalue weighted by Gasteiger charge is 2.51. The van der Waals surface area contributed by atoms with Gasteiger partial charge in [0.15, 0.2) is 0 Å². The number of carboxylic acid groups (broad SMARTS) is 1. The van der Waals surface area contributed by atoms with Crippen molar-refractivity contribution in [2.75, 3.05) is 0 Å². The molecular weight excluding hydrogens is 270 g/mol. The Bertz CT molecular complexity index is 439. The molecule has 0 atom stereocenters. The van der Waals surface area contributed by atoms with Gasteiger partial charge in [0.1, 0.15) is 0 Å². The fraction of sp³-hybridized carbons (Fsp3) is 0.417. The van der Waals surface area contributed by atoms with Gasteiger partial charge in [-0.1, -0.05) is 22.0 Å². The lowest BCUT2D eigenvalue weighted by atomic mass is 9.61. The van der Waals surface area contributed by atoms with Crippen LogP contribution >= 0.6 is 15.9 Å². The molecule has 0 bridgehead atoms. The molecule has 1 aromatic carbocycles. The van der Waals surface area contributed by atoms with Crippen molar-refractivity contribution >= 4 is 21.9 Å². The first kappa shape index (κ1) is 11.6. The molecule has 0 heterocycles. The smallest absolute Gasteiger partial charge is 0.314 e. The molecule has 4 heteroatoms. The van der Waals surface area contributed by atoms with Crippen LogP contribution in [0.4, 0.5) is 0 Å². The first-order valence-corrected chi connectivity index (χ1v) is 6.00. The standard InChI is InChI=1S/C12H14BrNO2/c1-7-4-8(13)2-3-10(7)12(11(15)16)5-9(14)6-12/h2-4,9H,5-6,14H2,1H3,(H,15,16). The van der Waals surface area contributed by atoms with Gasteiger partial charge in [0.05, 0.1) is 5.41 Å². The van der Waals surface area contributed by atoms with E-state index in [1.807, 2.05) is 25.1 Å². The molecule has 3 N–H and O–H groups in total. The summed E-state index contributed by atoms with van der Waals surface area (Å²) in [7, 11) is 0. The second kappa shape index (κ2) is 3.86. The lowest BCUT2D eigenvalue weighted by Gasteiger charge is -2.43. The minimum Gasteiger partial charge on any atom is -0.481 e. The molecule has 1 aromatic rings. The summed E-state index contributed by atoms with van der Waals surface area (Å²) in [4.78, 5) is 11.4. The van der Waals surface area contributed by atoms with E-state index < -0.39 is 11.4 Å². The number of benzene rings is 1. The predicted octanol–water partition coefficient (Wildman–Crippen LogP) is 2.20. The van der Waals surface area contributed by atoms with Crippen LogP contribution in [0.5, 0.6) is 0 Å². The summed E-state index contributed by atoms with van der Waals surface area (Å²) in [6, 6.07) is 5.74. The molecule has 0 radical (unpaired) electrons. The van der Waals surface area contributed by atoms with Gasteiger partial charge in [-0.15, -0.1) is 0 Å². The maximum absolute atomic E-state index is 11.4. The maximum atomic E-state index is 11.4. The molecule has 0 unspecified atom stereocenters. The molecule has 1 saturated carbocycles. The Morgan fingerprint density at radius 1 is 1.56 bits per heavy atom. The normalized spacial score (nSPS) is 28.6. The van der Waals surface area contributed by atoms with Gasteiger partial charge in [0, 0.05) is 10.5 Å². The van der Waals surface area contributed by atoms with E-state index in [-0.39, 0.29) is 6.04 Å². The fourth-order valence-electron chi connectivity index (χ4n) is 2.51. The van der Waals surface area contributed by atoms with Crippen LogP contribution in [0.3, 0.4) is 0 Å². The Kier molecular flexibility index (Phi) is 2.80. The van der Waals surface area contributed by atoms with E-state index in [4.69, 9.17) is 5.73 Å². The average Bonchev–Trinajstić information content (AvgIpc) is 2.12. The molecule has 2 rings (SSSR count). The van der Waals surface area contributed by atoms with Crippen LogP contribution in [-0.2, 0) is 10.2 Å². The summed E-state index contributed by atoms with van der Waals surface area (Å²) in [5.41, 5.74) is 6.87. The van der Waals surface area contributed by atoms with Crippen molar-refractivity contribution in [3.05, 3.63) is 33.8 Å². The van der Waals surface area contributed by atoms with Gasteiger partial charge in [0.2, 0.25) is 0 Å². The summed E-state index contributed by atoms with van der Waals surface area (Å²) in [5.74, 6) is -0.764. The van der Waals surface area contributed by atoms with Crippen LogP contribution in [0.1, 0.15) is 24.0 Å². The number of nitrogens with two attached hydrogens (primary N) is 1. The Hall–Kier alpha value is -0.870. The van der Waals surface area contributed by atoms with E-state index in [2.05, 4.69) is 15.9 Å². The molecule has 0 aromatic heterocycles. The van der Waals surface area contributed by atoms with Crippen LogP contribution in [0.2, 0.25) is 0 Å². The first-order valence-electron chi connectivity index (χ1n) is 5.21. The van der Waals surface area contributed by atoms with Crippen molar-refractivity contribution < 1.29 is 9.90 Å². The summed E-state index contributed by atoms with van der Waals surface area (Å²) < 4.78 is 0.970. The number of aryl methyl sites for hydroxylation is 1. The van der Waals surface area contributed by atoms with E-state index in [0.29, 0.717) is 12.8 Å². The molecule has 86 valence electrons. The molecule has 0 amide bonds. The number of carboxylic acids is 1. The van der Waals surface area contributed by atoms with Crippen molar-refractivity contribution in [3.8, 4) is 0 Å². The third kappa shape index (κ3) is 1.66. The molecule has 0 spiro atoms. The zero-order valence-electron chi connectivity index (χ0n) is 9.03. The molecule has 16 heavy (non-hydrogen) atoms. The highest BCUT2D eigenvalue weighted by molar-refractivity contribution is 9.10. The second-order valence-corrected chi connectivity index (χ2v) is 5.43. The number of aliphatic carboxylic acids is 1. The Morgan fingerprint density at radius 3 is 2.62 bits per heavy atom. The average molecular weight is 284 g/mol. The van der Waals surface area contributed by atoms with Crippen LogP contribution in [0.15, 0.2) is 22.7 Å². The second-order valence-electron chi connectivity index (χ2n) is 4.51. The largest absolute Gasteiger partial charge is 0.481 e. The molecule has 3 nitrogen and oxygen atoms in total. The van der Waals surface area contributed by atoms with Crippen molar-refractivity contribution in [1.29, 1.82) is 0 Å². The lowest BCUT2D eigenvalue weighted by molar-refractivity contribution is -0.148. The topological polar surface area (TPSA) is 63.3 Å². The zero-order valence-corrected chi connectivity index (χ0v) is 10.6. The minimum atomic E-state index is -0.764. The van der Waals surface area contributed by atoms with Crippen LogP contribution in [-0.4, -0.2) is 17.1 Å². The van der Waals surface area contributed by atoms with Crippen LogP contribution in [0, 0.1) is 6.92 Å². The monoisotopic (exact) mass is 283 g/mol. The lowest BCUT2D eigenvalue weighted by Crippen LogP contribution is -2.54. The Balaban J connectivity index is 2.45. The molecular formula is C12H14BrNO2. The quantitative estimate of drug-likeness (QED) is 0.875. The third-order valence-corrected chi connectivity index (χ3v) is 3.83. The highest BCUT2D eigenvalue weighted by Crippen LogP contribution is 2.44. The van der Waals surface area contributed by atoms with E-state index in [0.717, 1.165) is 15.6 Å². The number of halogens is 1. The molecule has 1 aliphatic rings. The summed E-state index contributed by atoms with van der Waals surface area (Å²) in [5, 5.41) is 9.38. The SMILES string of the molecule is Cc1cc(Br)ccc1C1(C(=O)O)CC(N)C1. The molecule has 0 aliphatic heterocycles. The van der Waals surface area contributed by atoms with Gasteiger partial charge in [-0.25, -0.2) is 0 Å². The van der Waals surface area contributed by atoms with E-state index >= 15 is 0 Å². The van der Waals surface area contributed by atoms with Gasteiger partial charge in [-0.3, -0.25) is 4.79 Å². The fourth-order valence-corrected chi connectivity index (χ4v) is 2.98. The Labute approximate surface area is 103 Å². The zero-order chi connectivity index (χ0) is 11.9. The number of rotatable bonds is 2. The predicted molar refractivity (Wildman–Crippen MR) is 65.4 cm³/mol.